The van der Waals surface area contributed by atoms with Gasteiger partial charge in [-0.2, -0.15) is 0 Å². The number of rotatable bonds is 5. The van der Waals surface area contributed by atoms with Gasteiger partial charge in [0.05, 0.1) is 21.6 Å². The Morgan fingerprint density at radius 1 is 1.06 bits per heavy atom. The molecule has 1 aliphatic heterocycles. The lowest BCUT2D eigenvalue weighted by Gasteiger charge is -2.31. The summed E-state index contributed by atoms with van der Waals surface area (Å²) in [5.74, 6) is -1.05. The van der Waals surface area contributed by atoms with E-state index in [-0.39, 0.29) is 23.1 Å². The summed E-state index contributed by atoms with van der Waals surface area (Å²) in [4.78, 5) is 38.9. The highest BCUT2D eigenvalue weighted by atomic mass is 32.1. The van der Waals surface area contributed by atoms with Crippen LogP contribution in [0, 0.1) is 0 Å². The third-order valence-electron chi connectivity index (χ3n) is 5.85. The molecular formula is C24H20F3N5O3S. The number of thiazole rings is 1. The van der Waals surface area contributed by atoms with Gasteiger partial charge in [-0.15, -0.1) is 24.5 Å². The van der Waals surface area contributed by atoms with Gasteiger partial charge in [0.25, 0.3) is 11.8 Å². The lowest BCUT2D eigenvalue weighted by atomic mass is 9.97. The number of halogens is 3. The molecule has 36 heavy (non-hydrogen) atoms. The van der Waals surface area contributed by atoms with E-state index in [1.807, 2.05) is 24.3 Å². The Morgan fingerprint density at radius 3 is 2.53 bits per heavy atom. The standard InChI is InChI=1S/C24H20F3N5O3S/c25-24(26,27)35-19-8-4-1-5-15(19)22(34)32-11-9-14(10-12-32)21-28-18(13-36-21)20(33)31-23-29-16-6-2-3-7-17(16)30-23/h1-8,13-14H,9-12H2,(H2,29,30,31,33). The number of para-hydroxylation sites is 3. The zero-order valence-electron chi connectivity index (χ0n) is 18.7. The summed E-state index contributed by atoms with van der Waals surface area (Å²) in [5.41, 5.74) is 1.68. The number of nitrogens with zero attached hydrogens (tertiary/aromatic N) is 3. The van der Waals surface area contributed by atoms with Crippen LogP contribution in [0.15, 0.2) is 53.9 Å². The van der Waals surface area contributed by atoms with Gasteiger partial charge in [0, 0.05) is 24.4 Å². The van der Waals surface area contributed by atoms with Gasteiger partial charge < -0.3 is 14.6 Å². The smallest absolute Gasteiger partial charge is 0.405 e. The molecule has 2 N–H and O–H groups in total. The number of amides is 2. The zero-order chi connectivity index (χ0) is 25.3. The van der Waals surface area contributed by atoms with Crippen LogP contribution in [0.1, 0.15) is 44.6 Å². The Morgan fingerprint density at radius 2 is 1.78 bits per heavy atom. The number of hydrogen-bond donors (Lipinski definition) is 2. The molecule has 0 bridgehead atoms. The molecule has 1 aliphatic rings. The average Bonchev–Trinajstić information content (AvgIpc) is 3.50. The van der Waals surface area contributed by atoms with Crippen molar-refractivity contribution in [2.24, 2.45) is 0 Å². The highest BCUT2D eigenvalue weighted by molar-refractivity contribution is 7.10. The van der Waals surface area contributed by atoms with Crippen molar-refractivity contribution in [2.75, 3.05) is 18.4 Å². The summed E-state index contributed by atoms with van der Waals surface area (Å²) < 4.78 is 42.1. The highest BCUT2D eigenvalue weighted by Gasteiger charge is 2.34. The summed E-state index contributed by atoms with van der Waals surface area (Å²) in [6.07, 6.45) is -3.74. The monoisotopic (exact) mass is 515 g/mol. The number of anilines is 1. The quantitative estimate of drug-likeness (QED) is 0.381. The zero-order valence-corrected chi connectivity index (χ0v) is 19.5. The molecule has 1 fully saturated rings. The van der Waals surface area contributed by atoms with Crippen LogP contribution in [0.3, 0.4) is 0 Å². The fraction of sp³-hybridized carbons (Fsp3) is 0.250. The van der Waals surface area contributed by atoms with Crippen LogP contribution in [0.5, 0.6) is 5.75 Å². The second-order valence-electron chi connectivity index (χ2n) is 8.24. The molecule has 0 aliphatic carbocycles. The van der Waals surface area contributed by atoms with E-state index < -0.39 is 18.0 Å². The van der Waals surface area contributed by atoms with E-state index in [9.17, 15) is 22.8 Å². The van der Waals surface area contributed by atoms with Gasteiger partial charge in [-0.3, -0.25) is 14.9 Å². The molecule has 0 saturated carbocycles. The molecule has 2 aromatic heterocycles. The molecule has 3 heterocycles. The molecule has 0 unspecified atom stereocenters. The largest absolute Gasteiger partial charge is 0.573 e. The van der Waals surface area contributed by atoms with Crippen molar-refractivity contribution in [3.05, 3.63) is 70.2 Å². The average molecular weight is 516 g/mol. The number of fused-ring (bicyclic) bond motifs is 1. The van der Waals surface area contributed by atoms with Crippen molar-refractivity contribution in [3.8, 4) is 5.75 Å². The molecule has 2 aromatic carbocycles. The normalized spacial score (nSPS) is 14.7. The molecule has 0 spiro atoms. The minimum absolute atomic E-state index is 0.0356. The lowest BCUT2D eigenvalue weighted by Crippen LogP contribution is -2.38. The lowest BCUT2D eigenvalue weighted by molar-refractivity contribution is -0.274. The number of carbonyl (C=O) groups excluding carboxylic acids is 2. The van der Waals surface area contributed by atoms with Gasteiger partial charge in [-0.05, 0) is 37.1 Å². The predicted octanol–water partition coefficient (Wildman–Crippen LogP) is 5.19. The van der Waals surface area contributed by atoms with E-state index in [2.05, 4.69) is 25.0 Å². The summed E-state index contributed by atoms with van der Waals surface area (Å²) in [5, 5.41) is 5.17. The Bertz CT molecular complexity index is 1380. The Kier molecular flexibility index (Phi) is 6.35. The van der Waals surface area contributed by atoms with Gasteiger partial charge in [-0.25, -0.2) is 9.97 Å². The van der Waals surface area contributed by atoms with Crippen LogP contribution >= 0.6 is 11.3 Å². The molecule has 0 radical (unpaired) electrons. The highest BCUT2D eigenvalue weighted by Crippen LogP contribution is 2.33. The maximum absolute atomic E-state index is 12.9. The fourth-order valence-corrected chi connectivity index (χ4v) is 5.09. The van der Waals surface area contributed by atoms with E-state index in [0.717, 1.165) is 22.1 Å². The molecule has 12 heteroatoms. The first-order valence-electron chi connectivity index (χ1n) is 11.1. The molecule has 0 atom stereocenters. The van der Waals surface area contributed by atoms with Crippen molar-refractivity contribution >= 4 is 40.1 Å². The van der Waals surface area contributed by atoms with Crippen molar-refractivity contribution in [1.82, 2.24) is 19.9 Å². The first kappa shape index (κ1) is 23.8. The van der Waals surface area contributed by atoms with Gasteiger partial charge in [-0.1, -0.05) is 24.3 Å². The van der Waals surface area contributed by atoms with Crippen LogP contribution in [0.2, 0.25) is 0 Å². The van der Waals surface area contributed by atoms with Crippen LogP contribution in [-0.2, 0) is 0 Å². The number of ether oxygens (including phenoxy) is 1. The van der Waals surface area contributed by atoms with Crippen molar-refractivity contribution in [2.45, 2.75) is 25.1 Å². The fourth-order valence-electron chi connectivity index (χ4n) is 4.12. The molecular weight excluding hydrogens is 495 g/mol. The van der Waals surface area contributed by atoms with E-state index in [0.29, 0.717) is 31.9 Å². The number of alkyl halides is 3. The van der Waals surface area contributed by atoms with Crippen LogP contribution in [0.4, 0.5) is 19.1 Å². The minimum atomic E-state index is -4.89. The topological polar surface area (TPSA) is 100 Å². The summed E-state index contributed by atoms with van der Waals surface area (Å²) in [7, 11) is 0. The van der Waals surface area contributed by atoms with Gasteiger partial charge in [0.2, 0.25) is 5.95 Å². The number of carbonyl (C=O) groups is 2. The third kappa shape index (κ3) is 5.18. The van der Waals surface area contributed by atoms with Crippen molar-refractivity contribution in [3.63, 3.8) is 0 Å². The molecule has 1 saturated heterocycles. The molecule has 2 amide bonds. The van der Waals surface area contributed by atoms with E-state index in [1.165, 1.54) is 34.4 Å². The van der Waals surface area contributed by atoms with Gasteiger partial charge in [0.1, 0.15) is 11.4 Å². The first-order valence-corrected chi connectivity index (χ1v) is 12.0. The maximum Gasteiger partial charge on any atom is 0.573 e. The number of benzene rings is 2. The number of hydrogen-bond acceptors (Lipinski definition) is 6. The van der Waals surface area contributed by atoms with Gasteiger partial charge in [0.15, 0.2) is 0 Å². The molecule has 186 valence electrons. The number of aromatic nitrogens is 3. The minimum Gasteiger partial charge on any atom is -0.405 e. The van der Waals surface area contributed by atoms with E-state index in [4.69, 9.17) is 0 Å². The number of aromatic amines is 1. The Labute approximate surface area is 207 Å². The summed E-state index contributed by atoms with van der Waals surface area (Å²) >= 11 is 1.36. The molecule has 5 rings (SSSR count). The summed E-state index contributed by atoms with van der Waals surface area (Å²) in [6.45, 7) is 0.702. The summed E-state index contributed by atoms with van der Waals surface area (Å²) in [6, 6.07) is 12.7. The number of H-pyrrole nitrogens is 1. The van der Waals surface area contributed by atoms with Crippen molar-refractivity contribution < 1.29 is 27.5 Å². The Balaban J connectivity index is 1.20. The predicted molar refractivity (Wildman–Crippen MR) is 127 cm³/mol. The van der Waals surface area contributed by atoms with E-state index >= 15 is 0 Å². The molecule has 8 nitrogen and oxygen atoms in total. The maximum atomic E-state index is 12.9. The number of nitrogens with one attached hydrogen (secondary N) is 2. The number of likely N-dealkylation sites (tertiary alicyclic amines) is 1. The number of imidazole rings is 1. The first-order chi connectivity index (χ1) is 17.3. The third-order valence-corrected chi connectivity index (χ3v) is 6.86. The molecule has 4 aromatic rings. The van der Waals surface area contributed by atoms with Crippen molar-refractivity contribution in [1.29, 1.82) is 0 Å². The van der Waals surface area contributed by atoms with Crippen LogP contribution in [-0.4, -0.2) is 51.1 Å². The second kappa shape index (κ2) is 9.61. The van der Waals surface area contributed by atoms with Crippen LogP contribution in [0.25, 0.3) is 11.0 Å². The van der Waals surface area contributed by atoms with E-state index in [1.54, 1.807) is 5.38 Å². The van der Waals surface area contributed by atoms with Crippen LogP contribution < -0.4 is 10.1 Å². The number of piperidine rings is 1. The SMILES string of the molecule is O=C(Nc1nc2ccccc2[nH]1)c1csc(C2CCN(C(=O)c3ccccc3OC(F)(F)F)CC2)n1. The van der Waals surface area contributed by atoms with Gasteiger partial charge >= 0.3 is 6.36 Å². The Hall–Kier alpha value is -3.93. The second-order valence-corrected chi connectivity index (χ2v) is 9.13.